The summed E-state index contributed by atoms with van der Waals surface area (Å²) in [4.78, 5) is 9.77. The zero-order chi connectivity index (χ0) is 18.4. The molecular weight excluding hydrogens is 346 g/mol. The Morgan fingerprint density at radius 3 is 2.20 bits per heavy atom. The van der Waals surface area contributed by atoms with Gasteiger partial charge in [-0.05, 0) is 24.3 Å². The first kappa shape index (κ1) is 19.1. The topological polar surface area (TPSA) is 164 Å². The van der Waals surface area contributed by atoms with Gasteiger partial charge >= 0.3 is 0 Å². The van der Waals surface area contributed by atoms with Crippen molar-refractivity contribution in [1.82, 2.24) is 9.21 Å². The van der Waals surface area contributed by atoms with Crippen molar-refractivity contribution in [3.05, 3.63) is 24.3 Å². The molecule has 1 aliphatic rings. The van der Waals surface area contributed by atoms with Crippen LogP contribution in [-0.2, 0) is 10.0 Å². The van der Waals surface area contributed by atoms with Crippen LogP contribution < -0.4 is 17.2 Å². The van der Waals surface area contributed by atoms with Crippen LogP contribution >= 0.6 is 0 Å². The number of rotatable bonds is 5. The molecule has 10 nitrogen and oxygen atoms in total. The van der Waals surface area contributed by atoms with Gasteiger partial charge in [-0.2, -0.15) is 9.30 Å². The molecule has 1 aliphatic heterocycles. The van der Waals surface area contributed by atoms with Crippen molar-refractivity contribution in [1.29, 1.82) is 0 Å². The van der Waals surface area contributed by atoms with E-state index in [1.165, 1.54) is 28.6 Å². The number of benzene rings is 1. The first-order chi connectivity index (χ1) is 11.8. The van der Waals surface area contributed by atoms with Crippen LogP contribution in [0.3, 0.4) is 0 Å². The summed E-state index contributed by atoms with van der Waals surface area (Å²) in [5, 5.41) is 8.94. The molecule has 0 spiro atoms. The van der Waals surface area contributed by atoms with E-state index >= 15 is 0 Å². The first-order valence-electron chi connectivity index (χ1n) is 7.70. The molecular formula is C14H23N7O3S. The lowest BCUT2D eigenvalue weighted by molar-refractivity contribution is 0.151. The Morgan fingerprint density at radius 1 is 1.08 bits per heavy atom. The molecule has 0 radical (unpaired) electrons. The van der Waals surface area contributed by atoms with Gasteiger partial charge in [-0.15, -0.1) is 0 Å². The number of sulfonamides is 1. The normalized spacial score (nSPS) is 17.4. The van der Waals surface area contributed by atoms with Crippen molar-refractivity contribution in [2.75, 3.05) is 39.3 Å². The molecule has 0 aromatic heterocycles. The number of nitrogens with two attached hydrogens (primary N) is 3. The maximum atomic E-state index is 12.7. The Hall–Kier alpha value is -2.21. The number of β-amino-alcohol motifs (C(OH)–C–C–N with tert-alkyl or cyclic N) is 1. The van der Waals surface area contributed by atoms with Gasteiger partial charge in [0.05, 0.1) is 17.2 Å². The Labute approximate surface area is 146 Å². The Kier molecular flexibility index (Phi) is 6.31. The molecule has 11 heteroatoms. The lowest BCUT2D eigenvalue weighted by Gasteiger charge is -2.33. The zero-order valence-corrected chi connectivity index (χ0v) is 14.6. The van der Waals surface area contributed by atoms with Crippen LogP contribution in [0.1, 0.15) is 0 Å². The fourth-order valence-corrected chi connectivity index (χ4v) is 3.89. The smallest absolute Gasteiger partial charge is 0.243 e. The van der Waals surface area contributed by atoms with E-state index in [1.54, 1.807) is 0 Å². The molecule has 1 heterocycles. The van der Waals surface area contributed by atoms with Gasteiger partial charge in [-0.25, -0.2) is 13.4 Å². The second-order valence-corrected chi connectivity index (χ2v) is 7.41. The summed E-state index contributed by atoms with van der Waals surface area (Å²) in [5.41, 5.74) is 16.4. The van der Waals surface area contributed by atoms with E-state index in [4.69, 9.17) is 22.3 Å². The second kappa shape index (κ2) is 8.25. The van der Waals surface area contributed by atoms with Gasteiger partial charge in [0, 0.05) is 32.7 Å². The second-order valence-electron chi connectivity index (χ2n) is 5.47. The molecule has 1 fully saturated rings. The molecule has 0 bridgehead atoms. The monoisotopic (exact) mass is 369 g/mol. The van der Waals surface area contributed by atoms with Gasteiger partial charge in [0.2, 0.25) is 16.0 Å². The van der Waals surface area contributed by atoms with Crippen LogP contribution in [0.25, 0.3) is 0 Å². The lowest BCUT2D eigenvalue weighted by Crippen LogP contribution is -2.49. The summed E-state index contributed by atoms with van der Waals surface area (Å²) >= 11 is 0. The van der Waals surface area contributed by atoms with Crippen molar-refractivity contribution in [3.8, 4) is 0 Å². The molecule has 0 aliphatic carbocycles. The standard InChI is InChI=1S/C14H23N7O3S/c15-13(16)19-14(17)18-11-1-3-12(4-2-11)25(23,24)21-7-5-20(6-8-21)9-10-22/h1-4,22H,5-10H2,(H6,15,16,17,18,19). The third-order valence-corrected chi connectivity index (χ3v) is 5.62. The van der Waals surface area contributed by atoms with Crippen molar-refractivity contribution in [3.63, 3.8) is 0 Å². The Bertz CT molecular complexity index is 734. The summed E-state index contributed by atoms with van der Waals surface area (Å²) in [5.74, 6) is -0.323. The minimum absolute atomic E-state index is 0.0672. The molecule has 1 aromatic rings. The van der Waals surface area contributed by atoms with Crippen LogP contribution in [-0.4, -0.2) is 74.0 Å². The SMILES string of the molecule is NC(N)=NC(N)=Nc1ccc(S(=O)(=O)N2CCN(CCO)CC2)cc1. The number of nitrogens with zero attached hydrogens (tertiary/aromatic N) is 4. The quantitative estimate of drug-likeness (QED) is 0.351. The van der Waals surface area contributed by atoms with E-state index in [9.17, 15) is 8.42 Å². The summed E-state index contributed by atoms with van der Waals surface area (Å²) in [6.07, 6.45) is 0. The highest BCUT2D eigenvalue weighted by Gasteiger charge is 2.28. The third kappa shape index (κ3) is 5.13. The highest BCUT2D eigenvalue weighted by atomic mass is 32.2. The molecule has 7 N–H and O–H groups in total. The molecule has 0 atom stereocenters. The lowest BCUT2D eigenvalue weighted by atomic mass is 10.3. The van der Waals surface area contributed by atoms with Crippen LogP contribution in [0.4, 0.5) is 5.69 Å². The highest BCUT2D eigenvalue weighted by Crippen LogP contribution is 2.21. The number of guanidine groups is 2. The van der Waals surface area contributed by atoms with Gasteiger partial charge in [0.25, 0.3) is 0 Å². The number of aliphatic hydroxyl groups excluding tert-OH is 1. The van der Waals surface area contributed by atoms with Crippen LogP contribution in [0.15, 0.2) is 39.1 Å². The largest absolute Gasteiger partial charge is 0.395 e. The van der Waals surface area contributed by atoms with Gasteiger partial charge in [0.15, 0.2) is 5.96 Å². The number of aliphatic imine (C=N–C) groups is 2. The molecule has 1 saturated heterocycles. The van der Waals surface area contributed by atoms with E-state index in [0.717, 1.165) is 0 Å². The number of piperazine rings is 1. The maximum Gasteiger partial charge on any atom is 0.243 e. The molecule has 0 saturated carbocycles. The minimum Gasteiger partial charge on any atom is -0.395 e. The van der Waals surface area contributed by atoms with Crippen molar-refractivity contribution >= 4 is 27.6 Å². The average Bonchev–Trinajstić information content (AvgIpc) is 2.55. The molecule has 25 heavy (non-hydrogen) atoms. The van der Waals surface area contributed by atoms with Crippen molar-refractivity contribution in [2.45, 2.75) is 4.90 Å². The summed E-state index contributed by atoms with van der Waals surface area (Å²) in [6, 6.07) is 6.00. The predicted octanol–water partition coefficient (Wildman–Crippen LogP) is -1.80. The predicted molar refractivity (Wildman–Crippen MR) is 95.8 cm³/mol. The average molecular weight is 369 g/mol. The van der Waals surface area contributed by atoms with Gasteiger partial charge in [-0.1, -0.05) is 0 Å². The third-order valence-electron chi connectivity index (χ3n) is 3.71. The fraction of sp³-hybridized carbons (Fsp3) is 0.429. The maximum absolute atomic E-state index is 12.7. The highest BCUT2D eigenvalue weighted by molar-refractivity contribution is 7.89. The van der Waals surface area contributed by atoms with E-state index in [2.05, 4.69) is 9.98 Å². The van der Waals surface area contributed by atoms with Gasteiger partial charge in [-0.3, -0.25) is 4.90 Å². The van der Waals surface area contributed by atoms with Crippen molar-refractivity contribution in [2.24, 2.45) is 27.2 Å². The van der Waals surface area contributed by atoms with Crippen molar-refractivity contribution < 1.29 is 13.5 Å². The Morgan fingerprint density at radius 2 is 1.68 bits per heavy atom. The van der Waals surface area contributed by atoms with Crippen LogP contribution in [0.5, 0.6) is 0 Å². The van der Waals surface area contributed by atoms with Gasteiger partial charge in [0.1, 0.15) is 0 Å². The van der Waals surface area contributed by atoms with E-state index in [1.807, 2.05) is 4.90 Å². The molecule has 0 unspecified atom stereocenters. The summed E-state index contributed by atoms with van der Waals surface area (Å²) in [6.45, 7) is 2.59. The van der Waals surface area contributed by atoms with E-state index in [0.29, 0.717) is 38.4 Å². The van der Waals surface area contributed by atoms with Crippen LogP contribution in [0.2, 0.25) is 0 Å². The molecule has 138 valence electrons. The van der Waals surface area contributed by atoms with E-state index < -0.39 is 10.0 Å². The zero-order valence-electron chi connectivity index (χ0n) is 13.7. The summed E-state index contributed by atoms with van der Waals surface area (Å²) in [7, 11) is -3.57. The first-order valence-corrected chi connectivity index (χ1v) is 9.14. The van der Waals surface area contributed by atoms with Gasteiger partial charge < -0.3 is 22.3 Å². The minimum atomic E-state index is -3.57. The fourth-order valence-electron chi connectivity index (χ4n) is 2.47. The van der Waals surface area contributed by atoms with E-state index in [-0.39, 0.29) is 23.4 Å². The number of hydrogen-bond donors (Lipinski definition) is 4. The number of aliphatic hydroxyl groups is 1. The van der Waals surface area contributed by atoms with Crippen LogP contribution in [0, 0.1) is 0 Å². The molecule has 1 aromatic carbocycles. The molecule has 0 amide bonds. The molecule has 2 rings (SSSR count). The summed E-state index contributed by atoms with van der Waals surface area (Å²) < 4.78 is 26.8. The number of hydrogen-bond acceptors (Lipinski definition) is 5. The Balaban J connectivity index is 2.09.